The van der Waals surface area contributed by atoms with Crippen LogP contribution in [0.15, 0.2) is 23.2 Å². The normalized spacial score (nSPS) is 23.3. The van der Waals surface area contributed by atoms with Gasteiger partial charge in [0.05, 0.1) is 19.8 Å². The summed E-state index contributed by atoms with van der Waals surface area (Å²) in [5.74, 6) is -0.364. The number of hydrogen-bond donors (Lipinski definition) is 2. The van der Waals surface area contributed by atoms with E-state index in [1.54, 1.807) is 0 Å². The van der Waals surface area contributed by atoms with Gasteiger partial charge in [0, 0.05) is 43.7 Å². The van der Waals surface area contributed by atoms with Gasteiger partial charge in [0.25, 0.3) is 0 Å². The largest absolute Gasteiger partial charge is 0.379 e. The maximum Gasteiger partial charge on any atom is 0.191 e. The second-order valence-corrected chi connectivity index (χ2v) is 6.44. The third-order valence-electron chi connectivity index (χ3n) is 4.62. The van der Waals surface area contributed by atoms with Crippen molar-refractivity contribution >= 4 is 29.9 Å². The summed E-state index contributed by atoms with van der Waals surface area (Å²) in [6.45, 7) is 7.75. The summed E-state index contributed by atoms with van der Waals surface area (Å²) in [6.07, 6.45) is 0.714. The molecule has 0 radical (unpaired) electrons. The van der Waals surface area contributed by atoms with Gasteiger partial charge in [-0.25, -0.2) is 8.78 Å². The smallest absolute Gasteiger partial charge is 0.191 e. The Balaban J connectivity index is 0.00000243. The van der Waals surface area contributed by atoms with Gasteiger partial charge in [-0.1, -0.05) is 6.07 Å². The first kappa shape index (κ1) is 21.3. The Morgan fingerprint density at radius 1 is 1.27 bits per heavy atom. The van der Waals surface area contributed by atoms with Crippen molar-refractivity contribution in [2.75, 3.05) is 45.9 Å². The summed E-state index contributed by atoms with van der Waals surface area (Å²) in [4.78, 5) is 6.91. The van der Waals surface area contributed by atoms with Gasteiger partial charge in [0.15, 0.2) is 5.96 Å². The lowest BCUT2D eigenvalue weighted by molar-refractivity contribution is 0.0394. The molecule has 1 aliphatic carbocycles. The molecular weight excluding hydrogens is 453 g/mol. The molecule has 146 valence electrons. The van der Waals surface area contributed by atoms with Gasteiger partial charge < -0.3 is 15.4 Å². The number of aliphatic imine (C=N–C) groups is 1. The third-order valence-corrected chi connectivity index (χ3v) is 4.62. The maximum atomic E-state index is 13.9. The van der Waals surface area contributed by atoms with Gasteiger partial charge in [-0.3, -0.25) is 9.89 Å². The molecular formula is C18H27F2IN4O. The van der Waals surface area contributed by atoms with E-state index in [2.05, 4.69) is 20.5 Å². The van der Waals surface area contributed by atoms with Crippen LogP contribution < -0.4 is 10.6 Å². The molecule has 1 saturated carbocycles. The fourth-order valence-corrected chi connectivity index (χ4v) is 3.16. The molecule has 2 atom stereocenters. The van der Waals surface area contributed by atoms with Gasteiger partial charge in [0.1, 0.15) is 11.6 Å². The van der Waals surface area contributed by atoms with Crippen LogP contribution in [0.4, 0.5) is 8.78 Å². The molecule has 1 heterocycles. The highest BCUT2D eigenvalue weighted by Crippen LogP contribution is 2.42. The first-order valence-electron chi connectivity index (χ1n) is 8.98. The van der Waals surface area contributed by atoms with Gasteiger partial charge in [-0.2, -0.15) is 0 Å². The Morgan fingerprint density at radius 3 is 2.62 bits per heavy atom. The van der Waals surface area contributed by atoms with Crippen LogP contribution in [0.1, 0.15) is 24.8 Å². The number of nitrogens with one attached hydrogen (secondary N) is 2. The Kier molecular flexibility index (Phi) is 8.49. The standard InChI is InChI=1S/C18H26F2N4O.HI/c1-2-21-18(22-6-7-24-8-10-25-11-9-24)23-16-12-13(16)17-14(19)4-3-5-15(17)20;/h3-5,13,16H,2,6-12H2,1H3,(H2,21,22,23);1H. The van der Waals surface area contributed by atoms with Crippen molar-refractivity contribution in [3.05, 3.63) is 35.4 Å². The van der Waals surface area contributed by atoms with Gasteiger partial charge in [-0.05, 0) is 25.5 Å². The van der Waals surface area contributed by atoms with Crippen molar-refractivity contribution in [2.24, 2.45) is 4.99 Å². The van der Waals surface area contributed by atoms with E-state index < -0.39 is 11.6 Å². The van der Waals surface area contributed by atoms with Crippen molar-refractivity contribution in [1.29, 1.82) is 0 Å². The second kappa shape index (κ2) is 10.4. The van der Waals surface area contributed by atoms with Crippen LogP contribution in [0.5, 0.6) is 0 Å². The van der Waals surface area contributed by atoms with Crippen molar-refractivity contribution in [1.82, 2.24) is 15.5 Å². The SMILES string of the molecule is CCNC(=NCCN1CCOCC1)NC1CC1c1c(F)cccc1F.I. The number of guanidine groups is 1. The summed E-state index contributed by atoms with van der Waals surface area (Å²) >= 11 is 0. The van der Waals surface area contributed by atoms with E-state index in [9.17, 15) is 8.78 Å². The summed E-state index contributed by atoms with van der Waals surface area (Å²) in [7, 11) is 0. The number of nitrogens with zero attached hydrogens (tertiary/aromatic N) is 2. The zero-order valence-electron chi connectivity index (χ0n) is 15.0. The van der Waals surface area contributed by atoms with Crippen LogP contribution in [0.3, 0.4) is 0 Å². The van der Waals surface area contributed by atoms with E-state index in [4.69, 9.17) is 4.74 Å². The predicted octanol–water partition coefficient (Wildman–Crippen LogP) is 2.33. The van der Waals surface area contributed by atoms with E-state index >= 15 is 0 Å². The summed E-state index contributed by atoms with van der Waals surface area (Å²) in [6, 6.07) is 4.05. The number of hydrogen-bond acceptors (Lipinski definition) is 3. The Morgan fingerprint density at radius 2 is 1.96 bits per heavy atom. The zero-order chi connectivity index (χ0) is 17.6. The fourth-order valence-electron chi connectivity index (χ4n) is 3.16. The maximum absolute atomic E-state index is 13.9. The third kappa shape index (κ3) is 5.75. The molecule has 2 N–H and O–H groups in total. The second-order valence-electron chi connectivity index (χ2n) is 6.44. The first-order valence-corrected chi connectivity index (χ1v) is 8.98. The van der Waals surface area contributed by atoms with E-state index in [1.165, 1.54) is 18.2 Å². The monoisotopic (exact) mass is 480 g/mol. The molecule has 2 unspecified atom stereocenters. The highest BCUT2D eigenvalue weighted by molar-refractivity contribution is 14.0. The molecule has 26 heavy (non-hydrogen) atoms. The minimum Gasteiger partial charge on any atom is -0.379 e. The molecule has 1 aromatic rings. The van der Waals surface area contributed by atoms with Crippen LogP contribution in [0.25, 0.3) is 0 Å². The summed E-state index contributed by atoms with van der Waals surface area (Å²) in [5.41, 5.74) is 0.184. The first-order chi connectivity index (χ1) is 12.2. The average Bonchev–Trinajstić information content (AvgIpc) is 3.34. The molecule has 2 fully saturated rings. The van der Waals surface area contributed by atoms with Gasteiger partial charge in [-0.15, -0.1) is 24.0 Å². The molecule has 1 saturated heterocycles. The lowest BCUT2D eigenvalue weighted by Gasteiger charge is -2.25. The van der Waals surface area contributed by atoms with E-state index in [1.807, 2.05) is 6.92 Å². The van der Waals surface area contributed by atoms with Crippen LogP contribution in [-0.4, -0.2) is 62.8 Å². The Labute approximate surface area is 170 Å². The Hall–Kier alpha value is -1.000. The molecule has 8 heteroatoms. The number of halogens is 3. The average molecular weight is 480 g/mol. The number of benzene rings is 1. The predicted molar refractivity (Wildman–Crippen MR) is 109 cm³/mol. The van der Waals surface area contributed by atoms with E-state index in [0.717, 1.165) is 39.4 Å². The minimum atomic E-state index is -0.469. The number of morpholine rings is 1. The van der Waals surface area contributed by atoms with Crippen molar-refractivity contribution in [3.63, 3.8) is 0 Å². The highest BCUT2D eigenvalue weighted by Gasteiger charge is 2.42. The minimum absolute atomic E-state index is 0. The summed E-state index contributed by atoms with van der Waals surface area (Å²) < 4.78 is 33.1. The molecule has 0 aromatic heterocycles. The molecule has 2 aliphatic rings. The van der Waals surface area contributed by atoms with Crippen molar-refractivity contribution in [2.45, 2.75) is 25.3 Å². The van der Waals surface area contributed by atoms with E-state index in [0.29, 0.717) is 18.9 Å². The van der Waals surface area contributed by atoms with E-state index in [-0.39, 0.29) is 41.5 Å². The van der Waals surface area contributed by atoms with Crippen molar-refractivity contribution in [3.8, 4) is 0 Å². The molecule has 5 nitrogen and oxygen atoms in total. The molecule has 1 aromatic carbocycles. The number of ether oxygens (including phenoxy) is 1. The zero-order valence-corrected chi connectivity index (χ0v) is 17.3. The van der Waals surface area contributed by atoms with Gasteiger partial charge in [0.2, 0.25) is 0 Å². The molecule has 0 amide bonds. The highest BCUT2D eigenvalue weighted by atomic mass is 127. The topological polar surface area (TPSA) is 48.9 Å². The molecule has 3 rings (SSSR count). The van der Waals surface area contributed by atoms with Crippen LogP contribution in [0.2, 0.25) is 0 Å². The Bertz CT molecular complexity index is 591. The van der Waals surface area contributed by atoms with Crippen LogP contribution >= 0.6 is 24.0 Å². The quantitative estimate of drug-likeness (QED) is 0.373. The van der Waals surface area contributed by atoms with Crippen molar-refractivity contribution < 1.29 is 13.5 Å². The van der Waals surface area contributed by atoms with Crippen LogP contribution in [0, 0.1) is 11.6 Å². The van der Waals surface area contributed by atoms with Gasteiger partial charge >= 0.3 is 0 Å². The molecule has 0 bridgehead atoms. The molecule has 1 aliphatic heterocycles. The summed E-state index contributed by atoms with van der Waals surface area (Å²) in [5, 5.41) is 6.50. The van der Waals surface area contributed by atoms with Crippen LogP contribution in [-0.2, 0) is 4.74 Å². The lowest BCUT2D eigenvalue weighted by Crippen LogP contribution is -2.41. The lowest BCUT2D eigenvalue weighted by atomic mass is 10.1. The molecule has 0 spiro atoms. The fraction of sp³-hybridized carbons (Fsp3) is 0.611. The number of rotatable bonds is 6.